The number of hydrogen-bond acceptors (Lipinski definition) is 2. The van der Waals surface area contributed by atoms with Gasteiger partial charge in [0.2, 0.25) is 0 Å². The third kappa shape index (κ3) is 4.61. The lowest BCUT2D eigenvalue weighted by Crippen LogP contribution is -2.21. The van der Waals surface area contributed by atoms with Crippen LogP contribution in [-0.4, -0.2) is 6.04 Å². The summed E-state index contributed by atoms with van der Waals surface area (Å²) in [4.78, 5) is 0. The van der Waals surface area contributed by atoms with Crippen LogP contribution in [0.15, 0.2) is 42.5 Å². The molecule has 0 fully saturated rings. The summed E-state index contributed by atoms with van der Waals surface area (Å²) in [6, 6.07) is 14.9. The minimum absolute atomic E-state index is 0.188. The van der Waals surface area contributed by atoms with Gasteiger partial charge in [0.15, 0.2) is 0 Å². The molecule has 0 saturated carbocycles. The lowest BCUT2D eigenvalue weighted by Gasteiger charge is -2.15. The van der Waals surface area contributed by atoms with E-state index in [0.717, 1.165) is 18.6 Å². The molecule has 2 N–H and O–H groups in total. The van der Waals surface area contributed by atoms with Gasteiger partial charge in [0.1, 0.15) is 12.4 Å². The van der Waals surface area contributed by atoms with Crippen molar-refractivity contribution in [3.63, 3.8) is 0 Å². The van der Waals surface area contributed by atoms with Crippen molar-refractivity contribution in [2.75, 3.05) is 0 Å². The second-order valence-electron chi connectivity index (χ2n) is 5.76. The van der Waals surface area contributed by atoms with Crippen LogP contribution in [0.5, 0.6) is 5.75 Å². The van der Waals surface area contributed by atoms with E-state index in [4.69, 9.17) is 10.5 Å². The Kier molecular flexibility index (Phi) is 5.40. The van der Waals surface area contributed by atoms with Crippen molar-refractivity contribution in [2.45, 2.75) is 46.3 Å². The predicted octanol–water partition coefficient (Wildman–Crippen LogP) is 4.16. The Morgan fingerprint density at radius 3 is 2.52 bits per heavy atom. The van der Waals surface area contributed by atoms with Crippen molar-refractivity contribution in [3.8, 4) is 5.75 Å². The maximum absolute atomic E-state index is 6.10. The lowest BCUT2D eigenvalue weighted by atomic mass is 10.0. The fourth-order valence-electron chi connectivity index (χ4n) is 2.40. The van der Waals surface area contributed by atoms with Gasteiger partial charge >= 0.3 is 0 Å². The van der Waals surface area contributed by atoms with E-state index in [9.17, 15) is 0 Å². The molecular weight excluding hydrogens is 258 g/mol. The summed E-state index contributed by atoms with van der Waals surface area (Å²) >= 11 is 0. The van der Waals surface area contributed by atoms with E-state index in [1.54, 1.807) is 0 Å². The zero-order valence-electron chi connectivity index (χ0n) is 13.2. The normalized spacial score (nSPS) is 12.2. The van der Waals surface area contributed by atoms with Crippen LogP contribution in [0.3, 0.4) is 0 Å². The molecule has 2 heteroatoms. The van der Waals surface area contributed by atoms with Crippen molar-refractivity contribution in [3.05, 3.63) is 64.7 Å². The van der Waals surface area contributed by atoms with E-state index in [0.29, 0.717) is 6.61 Å². The van der Waals surface area contributed by atoms with Crippen molar-refractivity contribution in [1.29, 1.82) is 0 Å². The van der Waals surface area contributed by atoms with Crippen LogP contribution < -0.4 is 10.5 Å². The fraction of sp³-hybridized carbons (Fsp3) is 0.368. The quantitative estimate of drug-likeness (QED) is 0.864. The summed E-state index contributed by atoms with van der Waals surface area (Å²) in [6.07, 6.45) is 1.84. The zero-order valence-corrected chi connectivity index (χ0v) is 13.2. The molecule has 0 aliphatic rings. The van der Waals surface area contributed by atoms with Gasteiger partial charge in [-0.1, -0.05) is 54.4 Å². The molecule has 0 saturated heterocycles. The Bertz CT molecular complexity index is 592. The summed E-state index contributed by atoms with van der Waals surface area (Å²) in [5.74, 6) is 0.950. The molecule has 1 unspecified atom stereocenters. The first-order valence-corrected chi connectivity index (χ1v) is 7.62. The molecule has 0 aromatic heterocycles. The van der Waals surface area contributed by atoms with Crippen LogP contribution in [0.1, 0.15) is 35.6 Å². The Balaban J connectivity index is 2.11. The van der Waals surface area contributed by atoms with Gasteiger partial charge in [-0.25, -0.2) is 0 Å². The maximum atomic E-state index is 6.10. The lowest BCUT2D eigenvalue weighted by molar-refractivity contribution is 0.302. The minimum atomic E-state index is 0.188. The summed E-state index contributed by atoms with van der Waals surface area (Å²) < 4.78 is 6.02. The highest BCUT2D eigenvalue weighted by Gasteiger charge is 2.09. The molecule has 2 nitrogen and oxygen atoms in total. The molecule has 0 spiro atoms. The molecule has 21 heavy (non-hydrogen) atoms. The molecule has 2 aromatic rings. The Morgan fingerprint density at radius 2 is 1.81 bits per heavy atom. The average molecular weight is 283 g/mol. The SMILES string of the molecule is CCC(N)Cc1cc(C)ccc1OCc1cccc(C)c1. The van der Waals surface area contributed by atoms with Gasteiger partial charge in [0, 0.05) is 6.04 Å². The molecule has 2 aromatic carbocycles. The highest BCUT2D eigenvalue weighted by Crippen LogP contribution is 2.23. The van der Waals surface area contributed by atoms with E-state index in [1.165, 1.54) is 22.3 Å². The number of aryl methyl sites for hydroxylation is 2. The topological polar surface area (TPSA) is 35.2 Å². The highest BCUT2D eigenvalue weighted by atomic mass is 16.5. The first-order chi connectivity index (χ1) is 10.1. The zero-order chi connectivity index (χ0) is 15.2. The molecule has 0 aliphatic heterocycles. The average Bonchev–Trinajstić information content (AvgIpc) is 2.46. The second kappa shape index (κ2) is 7.28. The largest absolute Gasteiger partial charge is 0.489 e. The molecule has 0 bridgehead atoms. The number of ether oxygens (including phenoxy) is 1. The van der Waals surface area contributed by atoms with Gasteiger partial charge < -0.3 is 10.5 Å². The highest BCUT2D eigenvalue weighted by molar-refractivity contribution is 5.37. The van der Waals surface area contributed by atoms with Gasteiger partial charge in [-0.05, 0) is 43.9 Å². The van der Waals surface area contributed by atoms with Crippen molar-refractivity contribution in [2.24, 2.45) is 5.73 Å². The van der Waals surface area contributed by atoms with E-state index in [-0.39, 0.29) is 6.04 Å². The monoisotopic (exact) mass is 283 g/mol. The fourth-order valence-corrected chi connectivity index (χ4v) is 2.40. The van der Waals surface area contributed by atoms with E-state index < -0.39 is 0 Å². The Morgan fingerprint density at radius 1 is 1.05 bits per heavy atom. The molecule has 0 radical (unpaired) electrons. The first-order valence-electron chi connectivity index (χ1n) is 7.62. The van der Waals surface area contributed by atoms with Gasteiger partial charge in [-0.3, -0.25) is 0 Å². The third-order valence-electron chi connectivity index (χ3n) is 3.70. The maximum Gasteiger partial charge on any atom is 0.123 e. The second-order valence-corrected chi connectivity index (χ2v) is 5.76. The summed E-state index contributed by atoms with van der Waals surface area (Å²) in [7, 11) is 0. The number of nitrogens with two attached hydrogens (primary N) is 1. The van der Waals surface area contributed by atoms with Crippen molar-refractivity contribution >= 4 is 0 Å². The molecule has 0 heterocycles. The third-order valence-corrected chi connectivity index (χ3v) is 3.70. The van der Waals surface area contributed by atoms with Crippen LogP contribution in [-0.2, 0) is 13.0 Å². The van der Waals surface area contributed by atoms with E-state index >= 15 is 0 Å². The van der Waals surface area contributed by atoms with Gasteiger partial charge in [0.05, 0.1) is 0 Å². The van der Waals surface area contributed by atoms with Crippen LogP contribution in [0.25, 0.3) is 0 Å². The van der Waals surface area contributed by atoms with Crippen LogP contribution in [0.2, 0.25) is 0 Å². The van der Waals surface area contributed by atoms with Gasteiger partial charge in [-0.15, -0.1) is 0 Å². The summed E-state index contributed by atoms with van der Waals surface area (Å²) in [5, 5.41) is 0. The van der Waals surface area contributed by atoms with E-state index in [1.807, 2.05) is 0 Å². The molecule has 1 atom stereocenters. The standard InChI is InChI=1S/C19H25NO/c1-4-18(20)12-17-11-15(3)8-9-19(17)21-13-16-7-5-6-14(2)10-16/h5-11,18H,4,12-13,20H2,1-3H3. The predicted molar refractivity (Wildman–Crippen MR) is 88.7 cm³/mol. The number of hydrogen-bond donors (Lipinski definition) is 1. The van der Waals surface area contributed by atoms with Gasteiger partial charge in [-0.2, -0.15) is 0 Å². The van der Waals surface area contributed by atoms with Crippen LogP contribution in [0, 0.1) is 13.8 Å². The number of benzene rings is 2. The van der Waals surface area contributed by atoms with Crippen LogP contribution in [0.4, 0.5) is 0 Å². The Hall–Kier alpha value is -1.80. The smallest absolute Gasteiger partial charge is 0.123 e. The van der Waals surface area contributed by atoms with Gasteiger partial charge in [0.25, 0.3) is 0 Å². The van der Waals surface area contributed by atoms with Crippen LogP contribution >= 0.6 is 0 Å². The molecule has 0 aliphatic carbocycles. The molecular formula is C19H25NO. The minimum Gasteiger partial charge on any atom is -0.489 e. The van der Waals surface area contributed by atoms with E-state index in [2.05, 4.69) is 63.2 Å². The van der Waals surface area contributed by atoms with Crippen molar-refractivity contribution < 1.29 is 4.74 Å². The van der Waals surface area contributed by atoms with Crippen molar-refractivity contribution in [1.82, 2.24) is 0 Å². The number of rotatable bonds is 6. The molecule has 2 rings (SSSR count). The first kappa shape index (κ1) is 15.6. The molecule has 112 valence electrons. The summed E-state index contributed by atoms with van der Waals surface area (Å²) in [5.41, 5.74) is 11.0. The Labute approximate surface area is 127 Å². The molecule has 0 amide bonds. The summed E-state index contributed by atoms with van der Waals surface area (Å²) in [6.45, 7) is 6.92.